The van der Waals surface area contributed by atoms with Crippen LogP contribution in [0.1, 0.15) is 17.9 Å². The van der Waals surface area contributed by atoms with Gasteiger partial charge in [0.15, 0.2) is 0 Å². The van der Waals surface area contributed by atoms with Crippen molar-refractivity contribution in [1.29, 1.82) is 0 Å². The minimum absolute atomic E-state index is 0.0690. The quantitative estimate of drug-likeness (QED) is 0.663. The van der Waals surface area contributed by atoms with Crippen LogP contribution in [-0.2, 0) is 11.2 Å². The van der Waals surface area contributed by atoms with Crippen molar-refractivity contribution in [1.82, 2.24) is 15.1 Å². The van der Waals surface area contributed by atoms with Gasteiger partial charge in [-0.3, -0.25) is 4.79 Å². The van der Waals surface area contributed by atoms with Crippen molar-refractivity contribution >= 4 is 11.6 Å². The van der Waals surface area contributed by atoms with Crippen LogP contribution >= 0.6 is 0 Å². The molecule has 0 unspecified atom stereocenters. The smallest absolute Gasteiger partial charge is 0.250 e. The Bertz CT molecular complexity index is 996. The molecule has 1 aromatic heterocycles. The van der Waals surface area contributed by atoms with Crippen molar-refractivity contribution in [2.45, 2.75) is 19.8 Å². The number of carbonyl (C=O) groups excluding carboxylic acids is 1. The second-order valence-corrected chi connectivity index (χ2v) is 7.19. The Labute approximate surface area is 169 Å². The number of aryl methyl sites for hydroxylation is 2. The van der Waals surface area contributed by atoms with E-state index in [1.54, 1.807) is 18.2 Å². The summed E-state index contributed by atoms with van der Waals surface area (Å²) in [7, 11) is 0. The van der Waals surface area contributed by atoms with Crippen LogP contribution in [0.4, 0.5) is 10.1 Å². The van der Waals surface area contributed by atoms with E-state index in [0.29, 0.717) is 31.8 Å². The van der Waals surface area contributed by atoms with Crippen LogP contribution in [0.15, 0.2) is 52.9 Å². The Kier molecular flexibility index (Phi) is 5.55. The fraction of sp³-hybridized carbons (Fsp3) is 0.318. The van der Waals surface area contributed by atoms with Gasteiger partial charge in [0.25, 0.3) is 5.89 Å². The topological polar surface area (TPSA) is 62.5 Å². The third kappa shape index (κ3) is 4.45. The maximum atomic E-state index is 13.8. The molecular weight excluding hydrogens is 371 g/mol. The Morgan fingerprint density at radius 3 is 2.62 bits per heavy atom. The standard InChI is InChI=1S/C22H23FN4O2/c1-16-5-4-6-17(15-16)26-11-13-27(14-12-26)21(28)10-9-20-24-25-22(29-20)18-7-2-3-8-19(18)23/h2-8,15H,9-14H2,1H3. The molecule has 150 valence electrons. The van der Waals surface area contributed by atoms with Gasteiger partial charge >= 0.3 is 0 Å². The zero-order chi connectivity index (χ0) is 20.2. The lowest BCUT2D eigenvalue weighted by atomic mass is 10.2. The maximum absolute atomic E-state index is 13.8. The summed E-state index contributed by atoms with van der Waals surface area (Å²) >= 11 is 0. The fourth-order valence-corrected chi connectivity index (χ4v) is 3.51. The lowest BCUT2D eigenvalue weighted by Crippen LogP contribution is -2.48. The summed E-state index contributed by atoms with van der Waals surface area (Å²) in [6.07, 6.45) is 0.641. The van der Waals surface area contributed by atoms with Crippen LogP contribution in [0.3, 0.4) is 0 Å². The van der Waals surface area contributed by atoms with Crippen LogP contribution in [0.25, 0.3) is 11.5 Å². The minimum Gasteiger partial charge on any atom is -0.421 e. The van der Waals surface area contributed by atoms with Gasteiger partial charge in [0, 0.05) is 44.7 Å². The number of anilines is 1. The predicted octanol–water partition coefficient (Wildman–Crippen LogP) is 3.47. The third-order valence-corrected chi connectivity index (χ3v) is 5.12. The fourth-order valence-electron chi connectivity index (χ4n) is 3.51. The monoisotopic (exact) mass is 394 g/mol. The molecule has 0 aliphatic carbocycles. The number of hydrogen-bond acceptors (Lipinski definition) is 5. The molecule has 7 heteroatoms. The van der Waals surface area contributed by atoms with E-state index in [1.165, 1.54) is 17.3 Å². The Balaban J connectivity index is 1.29. The van der Waals surface area contributed by atoms with Gasteiger partial charge in [-0.15, -0.1) is 10.2 Å². The lowest BCUT2D eigenvalue weighted by Gasteiger charge is -2.36. The van der Waals surface area contributed by atoms with Crippen LogP contribution in [0, 0.1) is 12.7 Å². The first-order chi connectivity index (χ1) is 14.1. The molecule has 4 rings (SSSR count). The van der Waals surface area contributed by atoms with Gasteiger partial charge in [-0.25, -0.2) is 4.39 Å². The molecule has 0 radical (unpaired) electrons. The number of halogens is 1. The molecule has 29 heavy (non-hydrogen) atoms. The van der Waals surface area contributed by atoms with Crippen molar-refractivity contribution in [3.8, 4) is 11.5 Å². The minimum atomic E-state index is -0.412. The van der Waals surface area contributed by atoms with Crippen molar-refractivity contribution in [2.24, 2.45) is 0 Å². The van der Waals surface area contributed by atoms with Gasteiger partial charge in [0.2, 0.25) is 11.8 Å². The van der Waals surface area contributed by atoms with E-state index in [0.717, 1.165) is 13.1 Å². The van der Waals surface area contributed by atoms with E-state index in [-0.39, 0.29) is 17.4 Å². The molecule has 2 heterocycles. The van der Waals surface area contributed by atoms with E-state index in [2.05, 4.69) is 46.3 Å². The molecule has 0 saturated carbocycles. The summed E-state index contributed by atoms with van der Waals surface area (Å²) in [6, 6.07) is 14.7. The van der Waals surface area contributed by atoms with Gasteiger partial charge in [0.1, 0.15) is 5.82 Å². The molecule has 1 fully saturated rings. The first kappa shape index (κ1) is 19.1. The van der Waals surface area contributed by atoms with E-state index >= 15 is 0 Å². The normalized spacial score (nSPS) is 14.3. The number of carbonyl (C=O) groups is 1. The molecule has 3 aromatic rings. The predicted molar refractivity (Wildman–Crippen MR) is 108 cm³/mol. The Morgan fingerprint density at radius 1 is 1.07 bits per heavy atom. The summed E-state index contributed by atoms with van der Waals surface area (Å²) in [5.74, 6) is 0.136. The number of rotatable bonds is 5. The molecule has 1 amide bonds. The average molecular weight is 394 g/mol. The van der Waals surface area contributed by atoms with Gasteiger partial charge in [-0.2, -0.15) is 0 Å². The molecule has 0 N–H and O–H groups in total. The zero-order valence-corrected chi connectivity index (χ0v) is 16.3. The summed E-state index contributed by atoms with van der Waals surface area (Å²) < 4.78 is 19.4. The highest BCUT2D eigenvalue weighted by atomic mass is 19.1. The van der Waals surface area contributed by atoms with Crippen molar-refractivity contribution in [3.05, 3.63) is 65.8 Å². The molecule has 0 spiro atoms. The van der Waals surface area contributed by atoms with Gasteiger partial charge in [0.05, 0.1) is 5.56 Å². The van der Waals surface area contributed by atoms with Crippen molar-refractivity contribution < 1.29 is 13.6 Å². The highest BCUT2D eigenvalue weighted by Gasteiger charge is 2.22. The van der Waals surface area contributed by atoms with Gasteiger partial charge in [-0.05, 0) is 36.8 Å². The third-order valence-electron chi connectivity index (χ3n) is 5.12. The number of nitrogens with zero attached hydrogens (tertiary/aromatic N) is 4. The van der Waals surface area contributed by atoms with Crippen LogP contribution in [0.5, 0.6) is 0 Å². The lowest BCUT2D eigenvalue weighted by molar-refractivity contribution is -0.131. The highest BCUT2D eigenvalue weighted by molar-refractivity contribution is 5.76. The van der Waals surface area contributed by atoms with Crippen LogP contribution < -0.4 is 4.90 Å². The first-order valence-corrected chi connectivity index (χ1v) is 9.77. The summed E-state index contributed by atoms with van der Waals surface area (Å²) in [5.41, 5.74) is 2.70. The number of hydrogen-bond donors (Lipinski definition) is 0. The number of amides is 1. The summed E-state index contributed by atoms with van der Waals surface area (Å²) in [6.45, 7) is 5.09. The van der Waals surface area contributed by atoms with Crippen LogP contribution in [-0.4, -0.2) is 47.2 Å². The van der Waals surface area contributed by atoms with E-state index in [9.17, 15) is 9.18 Å². The number of aromatic nitrogens is 2. The molecule has 1 aliphatic heterocycles. The second kappa shape index (κ2) is 8.43. The second-order valence-electron chi connectivity index (χ2n) is 7.19. The first-order valence-electron chi connectivity index (χ1n) is 9.77. The van der Waals surface area contributed by atoms with Crippen molar-refractivity contribution in [3.63, 3.8) is 0 Å². The summed E-state index contributed by atoms with van der Waals surface area (Å²) in [4.78, 5) is 16.7. The van der Waals surface area contributed by atoms with E-state index in [1.807, 2.05) is 4.90 Å². The molecule has 0 bridgehead atoms. The molecule has 6 nitrogen and oxygen atoms in total. The van der Waals surface area contributed by atoms with Gasteiger partial charge in [-0.1, -0.05) is 24.3 Å². The zero-order valence-electron chi connectivity index (χ0n) is 16.3. The van der Waals surface area contributed by atoms with Crippen molar-refractivity contribution in [2.75, 3.05) is 31.1 Å². The molecule has 0 atom stereocenters. The van der Waals surface area contributed by atoms with E-state index in [4.69, 9.17) is 4.42 Å². The molecular formula is C22H23FN4O2. The number of benzene rings is 2. The highest BCUT2D eigenvalue weighted by Crippen LogP contribution is 2.22. The average Bonchev–Trinajstić information content (AvgIpc) is 3.21. The SMILES string of the molecule is Cc1cccc(N2CCN(C(=O)CCc3nnc(-c4ccccc4F)o3)CC2)c1. The molecule has 2 aromatic carbocycles. The number of piperazine rings is 1. The van der Waals surface area contributed by atoms with Gasteiger partial charge < -0.3 is 14.2 Å². The molecule has 1 aliphatic rings. The Morgan fingerprint density at radius 2 is 1.86 bits per heavy atom. The van der Waals surface area contributed by atoms with E-state index < -0.39 is 5.82 Å². The Hall–Kier alpha value is -3.22. The molecule has 1 saturated heterocycles. The van der Waals surface area contributed by atoms with Crippen LogP contribution in [0.2, 0.25) is 0 Å². The summed E-state index contributed by atoms with van der Waals surface area (Å²) in [5, 5.41) is 7.85. The largest absolute Gasteiger partial charge is 0.421 e. The maximum Gasteiger partial charge on any atom is 0.250 e.